The molecule has 0 saturated carbocycles. The van der Waals surface area contributed by atoms with Gasteiger partial charge in [-0.15, -0.1) is 0 Å². The normalized spacial score (nSPS) is 12.4. The van der Waals surface area contributed by atoms with Crippen molar-refractivity contribution in [3.63, 3.8) is 0 Å². The molecular weight excluding hydrogens is 352 g/mol. The van der Waals surface area contributed by atoms with E-state index in [1.54, 1.807) is 14.2 Å². The Kier molecular flexibility index (Phi) is 5.66. The lowest BCUT2D eigenvalue weighted by atomic mass is 10.0. The van der Waals surface area contributed by atoms with Gasteiger partial charge < -0.3 is 14.0 Å². The molecule has 0 aliphatic rings. The molecule has 0 aliphatic carbocycles. The Morgan fingerprint density at radius 1 is 1.18 bits per heavy atom. The number of pyridine rings is 2. The van der Waals surface area contributed by atoms with Gasteiger partial charge in [-0.05, 0) is 43.5 Å². The van der Waals surface area contributed by atoms with Gasteiger partial charge in [0, 0.05) is 19.0 Å². The Bertz CT molecular complexity index is 1050. The first-order chi connectivity index (χ1) is 13.4. The molecule has 0 amide bonds. The Morgan fingerprint density at radius 3 is 2.54 bits per heavy atom. The molecule has 3 heterocycles. The number of aryl methyl sites for hydroxylation is 1. The van der Waals surface area contributed by atoms with Gasteiger partial charge in [-0.25, -0.2) is 9.97 Å². The van der Waals surface area contributed by atoms with E-state index in [1.807, 2.05) is 25.3 Å². The van der Waals surface area contributed by atoms with Gasteiger partial charge in [0.05, 0.1) is 42.1 Å². The molecule has 3 aromatic heterocycles. The minimum Gasteiger partial charge on any atom is -0.480 e. The van der Waals surface area contributed by atoms with E-state index < -0.39 is 0 Å². The summed E-state index contributed by atoms with van der Waals surface area (Å²) in [6.45, 7) is 8.83. The Morgan fingerprint density at radius 2 is 1.93 bits per heavy atom. The fraction of sp³-hybridized carbons (Fsp3) is 0.409. The van der Waals surface area contributed by atoms with Crippen molar-refractivity contribution in [2.75, 3.05) is 20.8 Å². The third-order valence-electron chi connectivity index (χ3n) is 4.92. The van der Waals surface area contributed by atoms with E-state index in [1.165, 1.54) is 0 Å². The van der Waals surface area contributed by atoms with Crippen LogP contribution in [0.1, 0.15) is 49.6 Å². The Balaban J connectivity index is 2.22. The monoisotopic (exact) mass is 378 g/mol. The summed E-state index contributed by atoms with van der Waals surface area (Å²) in [7, 11) is 3.29. The maximum atomic E-state index is 9.62. The number of nitriles is 1. The lowest BCUT2D eigenvalue weighted by Crippen LogP contribution is -2.10. The highest BCUT2D eigenvalue weighted by Crippen LogP contribution is 2.34. The molecule has 0 fully saturated rings. The number of fused-ring (bicyclic) bond motifs is 1. The summed E-state index contributed by atoms with van der Waals surface area (Å²) >= 11 is 0. The van der Waals surface area contributed by atoms with Crippen LogP contribution in [0.2, 0.25) is 0 Å². The first kappa shape index (κ1) is 19.8. The lowest BCUT2D eigenvalue weighted by molar-refractivity contribution is 0.164. The van der Waals surface area contributed by atoms with E-state index in [0.29, 0.717) is 29.5 Å². The van der Waals surface area contributed by atoms with E-state index in [9.17, 15) is 5.26 Å². The van der Waals surface area contributed by atoms with E-state index in [-0.39, 0.29) is 6.04 Å². The number of nitrogens with zero attached hydrogens (tertiary/aromatic N) is 4. The van der Waals surface area contributed by atoms with Gasteiger partial charge in [-0.2, -0.15) is 5.26 Å². The van der Waals surface area contributed by atoms with E-state index in [0.717, 1.165) is 28.0 Å². The van der Waals surface area contributed by atoms with Gasteiger partial charge in [0.1, 0.15) is 11.6 Å². The lowest BCUT2D eigenvalue weighted by Gasteiger charge is -2.15. The summed E-state index contributed by atoms with van der Waals surface area (Å²) in [5.41, 5.74) is 5.72. The molecule has 0 radical (unpaired) electrons. The van der Waals surface area contributed by atoms with Crippen LogP contribution in [-0.4, -0.2) is 35.4 Å². The molecule has 0 N–H and O–H groups in total. The molecule has 0 bridgehead atoms. The summed E-state index contributed by atoms with van der Waals surface area (Å²) in [6, 6.07) is 8.44. The second kappa shape index (κ2) is 7.99. The molecule has 0 aromatic carbocycles. The van der Waals surface area contributed by atoms with Gasteiger partial charge in [-0.3, -0.25) is 0 Å². The molecule has 0 aliphatic heterocycles. The SMILES string of the molecule is COCC(C)n1cc(C#N)c2nc(-c3ccc(C(C)C)nc3OC)c(C)cc21. The summed E-state index contributed by atoms with van der Waals surface area (Å²) in [5.74, 6) is 0.854. The molecule has 1 atom stereocenters. The predicted octanol–water partition coefficient (Wildman–Crippen LogP) is 4.62. The second-order valence-electron chi connectivity index (χ2n) is 7.34. The van der Waals surface area contributed by atoms with Crippen LogP contribution in [0.25, 0.3) is 22.3 Å². The van der Waals surface area contributed by atoms with E-state index in [2.05, 4.69) is 42.5 Å². The quantitative estimate of drug-likeness (QED) is 0.626. The minimum absolute atomic E-state index is 0.100. The molecular formula is C22H26N4O2. The van der Waals surface area contributed by atoms with Crippen molar-refractivity contribution in [3.05, 3.63) is 41.2 Å². The third kappa shape index (κ3) is 3.46. The fourth-order valence-electron chi connectivity index (χ4n) is 3.42. The zero-order chi connectivity index (χ0) is 20.4. The van der Waals surface area contributed by atoms with Crippen LogP contribution in [0, 0.1) is 18.3 Å². The van der Waals surface area contributed by atoms with Crippen molar-refractivity contribution in [1.82, 2.24) is 14.5 Å². The molecule has 146 valence electrons. The number of rotatable bonds is 6. The first-order valence-corrected chi connectivity index (χ1v) is 9.37. The van der Waals surface area contributed by atoms with Crippen molar-refractivity contribution in [2.45, 2.75) is 39.7 Å². The van der Waals surface area contributed by atoms with Crippen molar-refractivity contribution in [2.24, 2.45) is 0 Å². The largest absolute Gasteiger partial charge is 0.480 e. The molecule has 28 heavy (non-hydrogen) atoms. The predicted molar refractivity (Wildman–Crippen MR) is 110 cm³/mol. The Labute approximate surface area is 165 Å². The average molecular weight is 378 g/mol. The highest BCUT2D eigenvalue weighted by molar-refractivity contribution is 5.87. The van der Waals surface area contributed by atoms with Crippen LogP contribution < -0.4 is 4.74 Å². The van der Waals surface area contributed by atoms with Gasteiger partial charge >= 0.3 is 0 Å². The average Bonchev–Trinajstić information content (AvgIpc) is 3.04. The van der Waals surface area contributed by atoms with Crippen molar-refractivity contribution < 1.29 is 9.47 Å². The number of methoxy groups -OCH3 is 2. The molecule has 0 saturated heterocycles. The zero-order valence-corrected chi connectivity index (χ0v) is 17.3. The molecule has 3 aromatic rings. The van der Waals surface area contributed by atoms with Crippen molar-refractivity contribution in [3.8, 4) is 23.2 Å². The first-order valence-electron chi connectivity index (χ1n) is 9.37. The van der Waals surface area contributed by atoms with Crippen LogP contribution in [0.5, 0.6) is 5.88 Å². The molecule has 3 rings (SSSR count). The highest BCUT2D eigenvalue weighted by atomic mass is 16.5. The fourth-order valence-corrected chi connectivity index (χ4v) is 3.42. The van der Waals surface area contributed by atoms with E-state index >= 15 is 0 Å². The summed E-state index contributed by atoms with van der Waals surface area (Å²) in [6.07, 6.45) is 1.85. The highest BCUT2D eigenvalue weighted by Gasteiger charge is 2.19. The number of ether oxygens (including phenoxy) is 2. The maximum Gasteiger partial charge on any atom is 0.222 e. The third-order valence-corrected chi connectivity index (χ3v) is 4.92. The van der Waals surface area contributed by atoms with Gasteiger partial charge in [0.15, 0.2) is 0 Å². The number of hydrogen-bond donors (Lipinski definition) is 0. The molecule has 1 unspecified atom stereocenters. The van der Waals surface area contributed by atoms with Crippen LogP contribution in [0.4, 0.5) is 0 Å². The molecule has 6 nitrogen and oxygen atoms in total. The summed E-state index contributed by atoms with van der Waals surface area (Å²) in [4.78, 5) is 9.50. The summed E-state index contributed by atoms with van der Waals surface area (Å²) < 4.78 is 12.9. The Hall–Kier alpha value is -2.91. The van der Waals surface area contributed by atoms with Crippen LogP contribution in [0.3, 0.4) is 0 Å². The van der Waals surface area contributed by atoms with Crippen LogP contribution in [0.15, 0.2) is 24.4 Å². The number of aromatic nitrogens is 3. The van der Waals surface area contributed by atoms with Gasteiger partial charge in [0.2, 0.25) is 5.88 Å². The van der Waals surface area contributed by atoms with Crippen LogP contribution >= 0.6 is 0 Å². The standard InChI is InChI=1S/C22H26N4O2/c1-13(2)18-8-7-17(22(24-18)28-6)20-14(3)9-19-21(25-20)16(10-23)11-26(19)15(4)12-27-5/h7-9,11,13,15H,12H2,1-6H3. The van der Waals surface area contributed by atoms with Crippen LogP contribution in [-0.2, 0) is 4.74 Å². The maximum absolute atomic E-state index is 9.62. The summed E-state index contributed by atoms with van der Waals surface area (Å²) in [5, 5.41) is 9.62. The molecule has 6 heteroatoms. The van der Waals surface area contributed by atoms with Crippen molar-refractivity contribution in [1.29, 1.82) is 5.26 Å². The van der Waals surface area contributed by atoms with Gasteiger partial charge in [0.25, 0.3) is 0 Å². The van der Waals surface area contributed by atoms with Gasteiger partial charge in [-0.1, -0.05) is 13.8 Å². The molecule has 0 spiro atoms. The topological polar surface area (TPSA) is 73.0 Å². The second-order valence-corrected chi connectivity index (χ2v) is 7.34. The minimum atomic E-state index is 0.100. The zero-order valence-electron chi connectivity index (χ0n) is 17.3. The number of hydrogen-bond acceptors (Lipinski definition) is 5. The van der Waals surface area contributed by atoms with E-state index in [4.69, 9.17) is 14.5 Å². The smallest absolute Gasteiger partial charge is 0.222 e. The van der Waals surface area contributed by atoms with Crippen molar-refractivity contribution >= 4 is 11.0 Å².